The van der Waals surface area contributed by atoms with Crippen LogP contribution in [0.15, 0.2) is 106 Å². The molecule has 0 fully saturated rings. The first-order valence-electron chi connectivity index (χ1n) is 18.5. The van der Waals surface area contributed by atoms with Crippen molar-refractivity contribution >= 4 is 26.4 Å². The van der Waals surface area contributed by atoms with Crippen LogP contribution in [0.2, 0.25) is 10.0 Å². The van der Waals surface area contributed by atoms with Crippen molar-refractivity contribution in [1.82, 2.24) is 0 Å². The fraction of sp³-hybridized carbons (Fsp3) is 0.383. The van der Waals surface area contributed by atoms with E-state index in [2.05, 4.69) is 166 Å². The van der Waals surface area contributed by atoms with E-state index in [0.717, 1.165) is 10.0 Å². The third-order valence-corrected chi connectivity index (χ3v) is 19.7. The van der Waals surface area contributed by atoms with Crippen molar-refractivity contribution in [1.29, 1.82) is 0 Å². The molecule has 0 amide bonds. The number of unbranched alkanes of at least 4 members (excludes halogenated alkanes) is 1. The zero-order valence-electron chi connectivity index (χ0n) is 32.5. The molecule has 0 aliphatic heterocycles. The van der Waals surface area contributed by atoms with Gasteiger partial charge in [-0.05, 0) is 0 Å². The second kappa shape index (κ2) is 16.6. The molecule has 0 aromatic heterocycles. The summed E-state index contributed by atoms with van der Waals surface area (Å²) >= 11 is 10.1. The zero-order valence-corrected chi connectivity index (χ0v) is 38.0. The Morgan fingerprint density at radius 1 is 0.615 bits per heavy atom. The summed E-state index contributed by atoms with van der Waals surface area (Å²) in [5.41, 5.74) is 12.9. The Balaban J connectivity index is 0.00000302. The van der Waals surface area contributed by atoms with Crippen LogP contribution < -0.4 is 24.8 Å². The molecule has 0 radical (unpaired) electrons. The standard InChI is InChI=1S/C21H25.C13H8Cl2.C13H21.2ClH.Zr/c1-20(2,3)16-9-7-14-11-15-8-10-17(21(4,5)6)13-19(15)18(14)12-16;14-12-5-1-10(2-6-12)9-11-3-7-13(15)8-4-11;1-5-6-7-11-8-9-12(10-11)13(2,3)4;;;/h7-13H,1-6H3;1-8H;9-11H,5-7H2,1-4H3;2*1H;/q;;;;;+2/p-2. The Morgan fingerprint density at radius 3 is 1.44 bits per heavy atom. The van der Waals surface area contributed by atoms with E-state index in [0.29, 0.717) is 9.54 Å². The second-order valence-corrected chi connectivity index (χ2v) is 24.5. The van der Waals surface area contributed by atoms with Crippen LogP contribution in [0.5, 0.6) is 0 Å². The maximum absolute atomic E-state index is 6.57. The Morgan fingerprint density at radius 2 is 1.06 bits per heavy atom. The summed E-state index contributed by atoms with van der Waals surface area (Å²) in [6, 6.07) is 32.3. The monoisotopic (exact) mass is 848 g/mol. The first-order valence-corrected chi connectivity index (χ1v) is 23.1. The van der Waals surface area contributed by atoms with Gasteiger partial charge in [-0.1, -0.05) is 0 Å². The molecule has 5 heteroatoms. The van der Waals surface area contributed by atoms with E-state index in [9.17, 15) is 0 Å². The Bertz CT molecular complexity index is 1880. The van der Waals surface area contributed by atoms with Crippen LogP contribution in [-0.4, -0.2) is 3.21 Å². The van der Waals surface area contributed by atoms with Crippen LogP contribution in [0.1, 0.15) is 126 Å². The number of hydrogen-bond acceptors (Lipinski definition) is 0. The van der Waals surface area contributed by atoms with E-state index in [-0.39, 0.29) is 41.1 Å². The predicted molar refractivity (Wildman–Crippen MR) is 216 cm³/mol. The molecule has 6 rings (SSSR count). The first-order chi connectivity index (χ1) is 23.5. The van der Waals surface area contributed by atoms with Gasteiger partial charge < -0.3 is 24.8 Å². The van der Waals surface area contributed by atoms with Crippen LogP contribution in [-0.2, 0) is 32.1 Å². The molecule has 0 spiro atoms. The quantitative estimate of drug-likeness (QED) is 0.176. The van der Waals surface area contributed by atoms with Crippen LogP contribution in [0, 0.1) is 11.3 Å². The molecule has 0 nitrogen and oxygen atoms in total. The molecule has 52 heavy (non-hydrogen) atoms. The first kappa shape index (κ1) is 43.0. The van der Waals surface area contributed by atoms with Crippen molar-refractivity contribution in [2.45, 2.75) is 103 Å². The van der Waals surface area contributed by atoms with Gasteiger partial charge in [0.15, 0.2) is 0 Å². The summed E-state index contributed by atoms with van der Waals surface area (Å²) in [6.45, 7) is 23.5. The van der Waals surface area contributed by atoms with Crippen LogP contribution >= 0.6 is 23.2 Å². The third kappa shape index (κ3) is 8.87. The molecule has 4 aromatic rings. The maximum Gasteiger partial charge on any atom is -1.00 e. The van der Waals surface area contributed by atoms with E-state index in [4.69, 9.17) is 23.2 Å². The van der Waals surface area contributed by atoms with Gasteiger partial charge >= 0.3 is 322 Å². The Labute approximate surface area is 344 Å². The fourth-order valence-corrected chi connectivity index (χ4v) is 17.6. The summed E-state index contributed by atoms with van der Waals surface area (Å²) in [5.74, 6) is 0.448. The number of allylic oxidation sites excluding steroid dienone is 4. The number of halogens is 4. The fourth-order valence-electron chi connectivity index (χ4n) is 7.70. The average molecular weight is 852 g/mol. The number of fused-ring (bicyclic) bond motifs is 3. The minimum atomic E-state index is -3.01. The van der Waals surface area contributed by atoms with E-state index >= 15 is 0 Å². The minimum Gasteiger partial charge on any atom is -1.00 e. The molecule has 2 aliphatic carbocycles. The van der Waals surface area contributed by atoms with Gasteiger partial charge in [-0.3, -0.25) is 0 Å². The van der Waals surface area contributed by atoms with Crippen molar-refractivity contribution in [3.05, 3.63) is 149 Å². The number of rotatable bonds is 7. The molecule has 2 aliphatic rings. The topological polar surface area (TPSA) is 0 Å². The summed E-state index contributed by atoms with van der Waals surface area (Å²) in [4.78, 5) is 0. The molecule has 0 saturated carbocycles. The summed E-state index contributed by atoms with van der Waals surface area (Å²) < 4.78 is 3.57. The van der Waals surface area contributed by atoms with E-state index in [1.807, 2.05) is 0 Å². The number of hydrogen-bond donors (Lipinski definition) is 0. The van der Waals surface area contributed by atoms with E-state index < -0.39 is 21.3 Å². The van der Waals surface area contributed by atoms with E-state index in [1.165, 1.54) is 72.5 Å². The van der Waals surface area contributed by atoms with Gasteiger partial charge in [0.2, 0.25) is 0 Å². The molecule has 0 heterocycles. The summed E-state index contributed by atoms with van der Waals surface area (Å²) in [5, 5.41) is 1.54. The molecule has 1 atom stereocenters. The van der Waals surface area contributed by atoms with Crippen LogP contribution in [0.4, 0.5) is 0 Å². The number of benzene rings is 4. The molecule has 0 bridgehead atoms. The SMILES string of the molecule is CCCCC1C=C(C(C)(C)C)C=[C]1[Zr+2](=[C](c1ccc(Cl)cc1)c1ccc(Cl)cc1)[CH]1c2ccc(C(C)(C)C)cc2-c2cc(C(C)(C)C)ccc21.[Cl-].[Cl-]. The van der Waals surface area contributed by atoms with Gasteiger partial charge in [-0.25, -0.2) is 0 Å². The largest absolute Gasteiger partial charge is 1.00 e. The van der Waals surface area contributed by atoms with Crippen molar-refractivity contribution in [2.75, 3.05) is 0 Å². The second-order valence-electron chi connectivity index (χ2n) is 17.6. The zero-order chi connectivity index (χ0) is 36.2. The Hall–Kier alpha value is -1.73. The van der Waals surface area contributed by atoms with Gasteiger partial charge in [0.25, 0.3) is 0 Å². The summed E-state index contributed by atoms with van der Waals surface area (Å²) in [7, 11) is 0. The normalized spacial score (nSPS) is 15.4. The molecular weight excluding hydrogens is 798 g/mol. The van der Waals surface area contributed by atoms with Crippen LogP contribution in [0.3, 0.4) is 0 Å². The van der Waals surface area contributed by atoms with Crippen molar-refractivity contribution in [3.63, 3.8) is 0 Å². The van der Waals surface area contributed by atoms with Gasteiger partial charge in [0.05, 0.1) is 0 Å². The Kier molecular flexibility index (Phi) is 13.7. The smallest absolute Gasteiger partial charge is 1.00 e. The van der Waals surface area contributed by atoms with Crippen molar-refractivity contribution < 1.29 is 46.1 Å². The average Bonchev–Trinajstić information content (AvgIpc) is 3.62. The molecule has 4 aromatic carbocycles. The van der Waals surface area contributed by atoms with Gasteiger partial charge in [-0.2, -0.15) is 0 Å². The molecule has 0 saturated heterocycles. The maximum atomic E-state index is 6.57. The predicted octanol–water partition coefficient (Wildman–Crippen LogP) is 8.23. The van der Waals surface area contributed by atoms with Gasteiger partial charge in [0, 0.05) is 0 Å². The molecule has 274 valence electrons. The summed E-state index contributed by atoms with van der Waals surface area (Å²) in [6.07, 6.45) is 8.94. The van der Waals surface area contributed by atoms with Gasteiger partial charge in [0.1, 0.15) is 0 Å². The molecule has 1 unspecified atom stereocenters. The van der Waals surface area contributed by atoms with E-state index in [1.54, 1.807) is 3.28 Å². The minimum absolute atomic E-state index is 0. The third-order valence-electron chi connectivity index (χ3n) is 10.7. The molecular formula is C47H54Cl4Zr. The van der Waals surface area contributed by atoms with Crippen LogP contribution in [0.25, 0.3) is 11.1 Å². The van der Waals surface area contributed by atoms with Crippen molar-refractivity contribution in [3.8, 4) is 11.1 Å². The van der Waals surface area contributed by atoms with Crippen molar-refractivity contribution in [2.24, 2.45) is 11.3 Å². The molecule has 0 N–H and O–H groups in total. The van der Waals surface area contributed by atoms with Gasteiger partial charge in [-0.15, -0.1) is 0 Å².